The van der Waals surface area contributed by atoms with Gasteiger partial charge in [-0.1, -0.05) is 27.5 Å². The van der Waals surface area contributed by atoms with Crippen molar-refractivity contribution in [2.45, 2.75) is 25.4 Å². The van der Waals surface area contributed by atoms with Crippen LogP contribution < -0.4 is 10.1 Å². The van der Waals surface area contributed by atoms with E-state index in [1.54, 1.807) is 24.5 Å². The van der Waals surface area contributed by atoms with Crippen molar-refractivity contribution in [1.82, 2.24) is 15.3 Å². The molecule has 1 fully saturated rings. The van der Waals surface area contributed by atoms with E-state index in [0.29, 0.717) is 22.7 Å². The van der Waals surface area contributed by atoms with Gasteiger partial charge in [0.2, 0.25) is 5.88 Å². The van der Waals surface area contributed by atoms with E-state index in [0.717, 1.165) is 16.7 Å². The predicted octanol–water partition coefficient (Wildman–Crippen LogP) is 3.94. The highest BCUT2D eigenvalue weighted by Gasteiger charge is 2.20. The van der Waals surface area contributed by atoms with Crippen molar-refractivity contribution >= 4 is 27.5 Å². The number of nitrogens with zero attached hydrogens (tertiary/aromatic N) is 2. The Hall–Kier alpha value is -1.17. The van der Waals surface area contributed by atoms with Crippen molar-refractivity contribution in [2.75, 3.05) is 0 Å². The van der Waals surface area contributed by atoms with Crippen LogP contribution in [0.4, 0.5) is 0 Å². The normalized spacial score (nSPS) is 14.3. The predicted molar refractivity (Wildman–Crippen MR) is 81.1 cm³/mol. The molecule has 0 aliphatic heterocycles. The van der Waals surface area contributed by atoms with Crippen LogP contribution in [0.5, 0.6) is 11.6 Å². The first kappa shape index (κ1) is 13.8. The first-order chi connectivity index (χ1) is 9.70. The molecule has 1 aliphatic carbocycles. The van der Waals surface area contributed by atoms with Crippen molar-refractivity contribution in [3.8, 4) is 11.6 Å². The van der Waals surface area contributed by atoms with Gasteiger partial charge in [0.15, 0.2) is 0 Å². The van der Waals surface area contributed by atoms with Gasteiger partial charge < -0.3 is 10.1 Å². The number of hydrogen-bond donors (Lipinski definition) is 1. The maximum atomic E-state index is 6.09. The average Bonchev–Trinajstić information content (AvgIpc) is 3.25. The molecule has 3 rings (SSSR count). The van der Waals surface area contributed by atoms with E-state index in [9.17, 15) is 0 Å². The Morgan fingerprint density at radius 1 is 1.30 bits per heavy atom. The van der Waals surface area contributed by atoms with E-state index in [2.05, 4.69) is 31.2 Å². The van der Waals surface area contributed by atoms with Gasteiger partial charge in [0.05, 0.1) is 23.1 Å². The van der Waals surface area contributed by atoms with E-state index in [4.69, 9.17) is 16.3 Å². The lowest BCUT2D eigenvalue weighted by Gasteiger charge is -2.07. The Morgan fingerprint density at radius 3 is 2.80 bits per heavy atom. The molecule has 4 nitrogen and oxygen atoms in total. The molecule has 0 atom stereocenters. The van der Waals surface area contributed by atoms with Crippen LogP contribution in [0.1, 0.15) is 18.5 Å². The maximum absolute atomic E-state index is 6.09. The number of rotatable bonds is 5. The Bertz CT molecular complexity index is 602. The molecule has 104 valence electrons. The average molecular weight is 355 g/mol. The summed E-state index contributed by atoms with van der Waals surface area (Å²) in [4.78, 5) is 8.56. The zero-order chi connectivity index (χ0) is 13.9. The molecule has 2 aromatic rings. The number of halogens is 2. The van der Waals surface area contributed by atoms with E-state index in [1.165, 1.54) is 12.8 Å². The van der Waals surface area contributed by atoms with Gasteiger partial charge in [-0.2, -0.15) is 0 Å². The molecule has 0 bridgehead atoms. The summed E-state index contributed by atoms with van der Waals surface area (Å²) in [6.07, 6.45) is 5.85. The van der Waals surface area contributed by atoms with Crippen LogP contribution in [0.15, 0.2) is 35.1 Å². The van der Waals surface area contributed by atoms with Gasteiger partial charge >= 0.3 is 0 Å². The fourth-order valence-corrected chi connectivity index (χ4v) is 2.41. The summed E-state index contributed by atoms with van der Waals surface area (Å²) >= 11 is 9.44. The van der Waals surface area contributed by atoms with E-state index in [-0.39, 0.29) is 0 Å². The number of aromatic nitrogens is 2. The molecule has 0 spiro atoms. The zero-order valence-corrected chi connectivity index (χ0v) is 13.0. The summed E-state index contributed by atoms with van der Waals surface area (Å²) in [7, 11) is 0. The number of ether oxygens (including phenoxy) is 1. The Kier molecular flexibility index (Phi) is 4.19. The second kappa shape index (κ2) is 6.08. The molecule has 0 unspecified atom stereocenters. The van der Waals surface area contributed by atoms with Crippen LogP contribution >= 0.6 is 27.5 Å². The summed E-state index contributed by atoms with van der Waals surface area (Å²) in [6.45, 7) is 0.747. The van der Waals surface area contributed by atoms with Crippen LogP contribution in [-0.4, -0.2) is 16.0 Å². The smallest absolute Gasteiger partial charge is 0.237 e. The molecule has 6 heteroatoms. The molecule has 20 heavy (non-hydrogen) atoms. The quantitative estimate of drug-likeness (QED) is 0.883. The summed E-state index contributed by atoms with van der Waals surface area (Å²) < 4.78 is 6.52. The molecule has 1 aromatic carbocycles. The van der Waals surface area contributed by atoms with Crippen molar-refractivity contribution < 1.29 is 4.74 Å². The van der Waals surface area contributed by atoms with Gasteiger partial charge in [-0.05, 0) is 31.0 Å². The summed E-state index contributed by atoms with van der Waals surface area (Å²) in [5, 5.41) is 3.92. The van der Waals surface area contributed by atoms with Gasteiger partial charge in [-0.25, -0.2) is 4.98 Å². The third-order valence-electron chi connectivity index (χ3n) is 2.94. The summed E-state index contributed by atoms with van der Waals surface area (Å²) in [5.74, 6) is 0.998. The lowest BCUT2D eigenvalue weighted by atomic mass is 10.3. The minimum atomic E-state index is 0.435. The number of hydrogen-bond acceptors (Lipinski definition) is 4. The van der Waals surface area contributed by atoms with E-state index in [1.807, 2.05) is 6.07 Å². The monoisotopic (exact) mass is 353 g/mol. The standard InChI is InChI=1S/C14H13BrClN3O/c15-9-1-4-13(12(16)5-9)20-14-8-18-11(7-19-14)6-17-10-2-3-10/h1,4-5,7-8,10,17H,2-3,6H2. The Balaban J connectivity index is 1.64. The van der Waals surface area contributed by atoms with Gasteiger partial charge in [0, 0.05) is 17.1 Å². The molecule has 0 saturated heterocycles. The van der Waals surface area contributed by atoms with Crippen LogP contribution in [-0.2, 0) is 6.54 Å². The topological polar surface area (TPSA) is 47.0 Å². The summed E-state index contributed by atoms with van der Waals surface area (Å²) in [5.41, 5.74) is 0.908. The van der Waals surface area contributed by atoms with Crippen LogP contribution in [0.2, 0.25) is 5.02 Å². The van der Waals surface area contributed by atoms with E-state index >= 15 is 0 Å². The maximum Gasteiger partial charge on any atom is 0.237 e. The van der Waals surface area contributed by atoms with Gasteiger partial charge in [0.1, 0.15) is 5.75 Å². The second-order valence-corrected chi connectivity index (χ2v) is 6.00. The highest BCUT2D eigenvalue weighted by atomic mass is 79.9. The molecular formula is C14H13BrClN3O. The van der Waals surface area contributed by atoms with Crippen LogP contribution in [0.3, 0.4) is 0 Å². The molecule has 1 N–H and O–H groups in total. The summed E-state index contributed by atoms with van der Waals surface area (Å²) in [6, 6.07) is 6.09. The van der Waals surface area contributed by atoms with Gasteiger partial charge in [-0.3, -0.25) is 4.98 Å². The number of benzene rings is 1. The minimum Gasteiger partial charge on any atom is -0.436 e. The minimum absolute atomic E-state index is 0.435. The second-order valence-electron chi connectivity index (χ2n) is 4.68. The number of nitrogens with one attached hydrogen (secondary N) is 1. The third-order valence-corrected chi connectivity index (χ3v) is 3.73. The zero-order valence-electron chi connectivity index (χ0n) is 10.6. The molecule has 1 heterocycles. The molecule has 1 aromatic heterocycles. The largest absolute Gasteiger partial charge is 0.436 e. The highest BCUT2D eigenvalue weighted by Crippen LogP contribution is 2.30. The van der Waals surface area contributed by atoms with E-state index < -0.39 is 0 Å². The Labute approximate surface area is 130 Å². The van der Waals surface area contributed by atoms with Crippen molar-refractivity contribution in [1.29, 1.82) is 0 Å². The molecule has 1 saturated carbocycles. The molecule has 0 radical (unpaired) electrons. The SMILES string of the molecule is Clc1cc(Br)ccc1Oc1cnc(CNC2CC2)cn1. The van der Waals surface area contributed by atoms with Gasteiger partial charge in [-0.15, -0.1) is 0 Å². The van der Waals surface area contributed by atoms with Crippen molar-refractivity contribution in [3.63, 3.8) is 0 Å². The fraction of sp³-hybridized carbons (Fsp3) is 0.286. The first-order valence-corrected chi connectivity index (χ1v) is 7.55. The lowest BCUT2D eigenvalue weighted by Crippen LogP contribution is -2.16. The van der Waals surface area contributed by atoms with Crippen molar-refractivity contribution in [2.24, 2.45) is 0 Å². The van der Waals surface area contributed by atoms with Crippen molar-refractivity contribution in [3.05, 3.63) is 45.8 Å². The van der Waals surface area contributed by atoms with Crippen LogP contribution in [0, 0.1) is 0 Å². The highest BCUT2D eigenvalue weighted by molar-refractivity contribution is 9.10. The lowest BCUT2D eigenvalue weighted by molar-refractivity contribution is 0.459. The molecule has 1 aliphatic rings. The Morgan fingerprint density at radius 2 is 2.15 bits per heavy atom. The van der Waals surface area contributed by atoms with Gasteiger partial charge in [0.25, 0.3) is 0 Å². The third kappa shape index (κ3) is 3.69. The molecular weight excluding hydrogens is 342 g/mol. The molecule has 0 amide bonds. The first-order valence-electron chi connectivity index (χ1n) is 6.38. The fourth-order valence-electron chi connectivity index (χ4n) is 1.69. The van der Waals surface area contributed by atoms with Crippen LogP contribution in [0.25, 0.3) is 0 Å².